The van der Waals surface area contributed by atoms with Crippen molar-refractivity contribution in [2.75, 3.05) is 6.54 Å². The van der Waals surface area contributed by atoms with E-state index in [4.69, 9.17) is 4.74 Å². The molecule has 22 heavy (non-hydrogen) atoms. The highest BCUT2D eigenvalue weighted by atomic mass is 32.1. The van der Waals surface area contributed by atoms with E-state index < -0.39 is 16.7 Å². The van der Waals surface area contributed by atoms with Crippen molar-refractivity contribution < 1.29 is 14.3 Å². The highest BCUT2D eigenvalue weighted by Gasteiger charge is 2.67. The van der Waals surface area contributed by atoms with Gasteiger partial charge in [-0.15, -0.1) is 11.3 Å². The Kier molecular flexibility index (Phi) is 3.38. The van der Waals surface area contributed by atoms with E-state index in [1.807, 2.05) is 45.2 Å². The molecule has 120 valence electrons. The van der Waals surface area contributed by atoms with Gasteiger partial charge in [0.05, 0.1) is 11.2 Å². The molecule has 3 rings (SSSR count). The molecule has 1 spiro atoms. The van der Waals surface area contributed by atoms with Gasteiger partial charge in [0.1, 0.15) is 0 Å². The topological polar surface area (TPSA) is 58.6 Å². The minimum Gasteiger partial charge on any atom is -0.367 e. The van der Waals surface area contributed by atoms with Gasteiger partial charge in [-0.25, -0.2) is 4.79 Å². The number of nitrogens with zero attached hydrogens (tertiary/aromatic N) is 1. The van der Waals surface area contributed by atoms with Gasteiger partial charge >= 0.3 is 6.03 Å². The highest BCUT2D eigenvalue weighted by Crippen LogP contribution is 2.47. The van der Waals surface area contributed by atoms with Crippen LogP contribution in [0.5, 0.6) is 0 Å². The Morgan fingerprint density at radius 2 is 2.05 bits per heavy atom. The molecule has 3 heterocycles. The van der Waals surface area contributed by atoms with Gasteiger partial charge in [-0.2, -0.15) is 0 Å². The van der Waals surface area contributed by atoms with Gasteiger partial charge in [-0.3, -0.25) is 9.69 Å². The third-order valence-electron chi connectivity index (χ3n) is 4.59. The van der Waals surface area contributed by atoms with Gasteiger partial charge in [-0.1, -0.05) is 6.07 Å². The molecule has 1 N–H and O–H groups in total. The fourth-order valence-electron chi connectivity index (χ4n) is 3.70. The second-order valence-corrected chi connectivity index (χ2v) is 8.20. The number of ether oxygens (including phenoxy) is 1. The number of carbonyl (C=O) groups excluding carboxylic acids is 2. The molecule has 1 aromatic heterocycles. The number of nitrogens with one attached hydrogen (secondary N) is 1. The lowest BCUT2D eigenvalue weighted by Gasteiger charge is -2.33. The normalized spacial score (nSPS) is 29.4. The summed E-state index contributed by atoms with van der Waals surface area (Å²) in [5.74, 6) is -0.162. The molecule has 6 heteroatoms. The molecule has 1 atom stereocenters. The van der Waals surface area contributed by atoms with Gasteiger partial charge < -0.3 is 10.1 Å². The molecule has 2 saturated heterocycles. The SMILES string of the molecule is CC1(C)C[C@]2(NC(=O)N(CCc3cccs3)C2=O)C(C)(C)O1. The summed E-state index contributed by atoms with van der Waals surface area (Å²) in [5, 5.41) is 4.92. The van der Waals surface area contributed by atoms with Crippen molar-refractivity contribution >= 4 is 23.3 Å². The molecule has 2 fully saturated rings. The van der Waals surface area contributed by atoms with Crippen molar-refractivity contribution in [1.29, 1.82) is 0 Å². The van der Waals surface area contributed by atoms with Crippen molar-refractivity contribution in [1.82, 2.24) is 10.2 Å². The van der Waals surface area contributed by atoms with E-state index >= 15 is 0 Å². The number of imide groups is 1. The van der Waals surface area contributed by atoms with Crippen LogP contribution < -0.4 is 5.32 Å². The summed E-state index contributed by atoms with van der Waals surface area (Å²) in [6.45, 7) is 8.07. The van der Waals surface area contributed by atoms with Crippen LogP contribution >= 0.6 is 11.3 Å². The zero-order valence-corrected chi connectivity index (χ0v) is 14.3. The average molecular weight is 322 g/mol. The van der Waals surface area contributed by atoms with Gasteiger partial charge in [0.25, 0.3) is 5.91 Å². The van der Waals surface area contributed by atoms with Crippen LogP contribution in [0.3, 0.4) is 0 Å². The Morgan fingerprint density at radius 3 is 2.59 bits per heavy atom. The number of urea groups is 1. The fraction of sp³-hybridized carbons (Fsp3) is 0.625. The van der Waals surface area contributed by atoms with E-state index in [0.717, 1.165) is 0 Å². The number of hydrogen-bond acceptors (Lipinski definition) is 4. The molecule has 5 nitrogen and oxygen atoms in total. The Morgan fingerprint density at radius 1 is 1.32 bits per heavy atom. The standard InChI is InChI=1S/C16H22N2O3S/c1-14(2)10-16(15(3,4)21-14)12(19)18(13(20)17-16)8-7-11-6-5-9-22-11/h5-6,9H,7-8,10H2,1-4H3,(H,17,20)/t16-/m1/s1. The number of rotatable bonds is 3. The van der Waals surface area contributed by atoms with Crippen molar-refractivity contribution in [2.45, 2.75) is 57.3 Å². The van der Waals surface area contributed by atoms with Crippen molar-refractivity contribution in [3.05, 3.63) is 22.4 Å². The maximum atomic E-state index is 13.0. The number of hydrogen-bond donors (Lipinski definition) is 1. The van der Waals surface area contributed by atoms with Gasteiger partial charge in [-0.05, 0) is 45.6 Å². The third kappa shape index (κ3) is 2.25. The summed E-state index contributed by atoms with van der Waals surface area (Å²) in [6.07, 6.45) is 1.19. The monoisotopic (exact) mass is 322 g/mol. The summed E-state index contributed by atoms with van der Waals surface area (Å²) < 4.78 is 6.03. The van der Waals surface area contributed by atoms with Crippen molar-refractivity contribution in [3.8, 4) is 0 Å². The predicted octanol–water partition coefficient (Wildman–Crippen LogP) is 2.56. The van der Waals surface area contributed by atoms with E-state index in [1.165, 1.54) is 9.78 Å². The van der Waals surface area contributed by atoms with Gasteiger partial charge in [0.2, 0.25) is 0 Å². The summed E-state index contributed by atoms with van der Waals surface area (Å²) in [4.78, 5) is 27.8. The first-order valence-electron chi connectivity index (χ1n) is 7.54. The quantitative estimate of drug-likeness (QED) is 0.870. The van der Waals surface area contributed by atoms with Crippen molar-refractivity contribution in [2.24, 2.45) is 0 Å². The molecule has 2 aliphatic rings. The van der Waals surface area contributed by atoms with Crippen LogP contribution in [0.1, 0.15) is 39.0 Å². The van der Waals surface area contributed by atoms with Crippen LogP contribution in [0.2, 0.25) is 0 Å². The average Bonchev–Trinajstić information content (AvgIpc) is 2.99. The Bertz CT molecular complexity index is 609. The Balaban J connectivity index is 1.82. The maximum Gasteiger partial charge on any atom is 0.325 e. The summed E-state index contributed by atoms with van der Waals surface area (Å²) in [5.41, 5.74) is -2.11. The van der Waals surface area contributed by atoms with E-state index in [2.05, 4.69) is 5.32 Å². The van der Waals surface area contributed by atoms with Crippen LogP contribution in [0.25, 0.3) is 0 Å². The second kappa shape index (κ2) is 4.80. The highest BCUT2D eigenvalue weighted by molar-refractivity contribution is 7.09. The van der Waals surface area contributed by atoms with Crippen LogP contribution in [0.15, 0.2) is 17.5 Å². The molecule has 0 radical (unpaired) electrons. The van der Waals surface area contributed by atoms with Gasteiger partial charge in [0.15, 0.2) is 5.54 Å². The van der Waals surface area contributed by atoms with Gasteiger partial charge in [0, 0.05) is 17.8 Å². The summed E-state index contributed by atoms with van der Waals surface area (Å²) >= 11 is 1.64. The number of carbonyl (C=O) groups is 2. The van der Waals surface area contributed by atoms with Crippen LogP contribution in [0, 0.1) is 0 Å². The summed E-state index contributed by atoms with van der Waals surface area (Å²) in [7, 11) is 0. The molecule has 1 aromatic rings. The molecular formula is C16H22N2O3S. The smallest absolute Gasteiger partial charge is 0.325 e. The third-order valence-corrected chi connectivity index (χ3v) is 5.52. The van der Waals surface area contributed by atoms with E-state index in [-0.39, 0.29) is 11.9 Å². The minimum atomic E-state index is -0.955. The first-order chi connectivity index (χ1) is 10.2. The number of amides is 3. The van der Waals surface area contributed by atoms with Crippen molar-refractivity contribution in [3.63, 3.8) is 0 Å². The lowest BCUT2D eigenvalue weighted by atomic mass is 9.79. The Labute approximate surface area is 134 Å². The van der Waals surface area contributed by atoms with E-state index in [1.54, 1.807) is 11.3 Å². The van der Waals surface area contributed by atoms with E-state index in [0.29, 0.717) is 19.4 Å². The molecule has 0 unspecified atom stereocenters. The zero-order valence-electron chi connectivity index (χ0n) is 13.4. The summed E-state index contributed by atoms with van der Waals surface area (Å²) in [6, 6.07) is 3.69. The van der Waals surface area contributed by atoms with Crippen LogP contribution in [-0.4, -0.2) is 40.1 Å². The lowest BCUT2D eigenvalue weighted by molar-refractivity contribution is -0.138. The second-order valence-electron chi connectivity index (χ2n) is 7.17. The first kappa shape index (κ1) is 15.5. The molecule has 0 aromatic carbocycles. The molecule has 3 amide bonds. The number of thiophene rings is 1. The Hall–Kier alpha value is -1.40. The van der Waals surface area contributed by atoms with Crippen LogP contribution in [-0.2, 0) is 16.0 Å². The molecule has 0 saturated carbocycles. The van der Waals surface area contributed by atoms with Crippen LogP contribution in [0.4, 0.5) is 4.79 Å². The molecule has 0 bridgehead atoms. The zero-order chi connectivity index (χ0) is 16.2. The predicted molar refractivity (Wildman–Crippen MR) is 84.9 cm³/mol. The first-order valence-corrected chi connectivity index (χ1v) is 8.42. The fourth-order valence-corrected chi connectivity index (χ4v) is 4.40. The lowest BCUT2D eigenvalue weighted by Crippen LogP contribution is -2.59. The minimum absolute atomic E-state index is 0.162. The molecule has 0 aliphatic carbocycles. The maximum absolute atomic E-state index is 13.0. The van der Waals surface area contributed by atoms with E-state index in [9.17, 15) is 9.59 Å². The molecular weight excluding hydrogens is 300 g/mol. The molecule has 2 aliphatic heterocycles. The largest absolute Gasteiger partial charge is 0.367 e.